The summed E-state index contributed by atoms with van der Waals surface area (Å²) in [7, 11) is 0. The van der Waals surface area contributed by atoms with Gasteiger partial charge in [-0.3, -0.25) is 0 Å². The molecular weight excluding hydrogens is 250 g/mol. The Balaban J connectivity index is 2.08. The maximum absolute atomic E-state index is 11.4. The van der Waals surface area contributed by atoms with E-state index in [0.717, 1.165) is 11.1 Å². The number of rotatable bonds is 3. The number of aliphatic hydroxyl groups excluding tert-OH is 1. The zero-order valence-electron chi connectivity index (χ0n) is 11.2. The molecule has 2 aromatic rings. The summed E-state index contributed by atoms with van der Waals surface area (Å²) in [6.07, 6.45) is 0.138. The van der Waals surface area contributed by atoms with Gasteiger partial charge in [0.15, 0.2) is 0 Å². The Hall–Kier alpha value is -1.68. The topological polar surface area (TPSA) is 52.5 Å². The molecule has 0 amide bonds. The summed E-state index contributed by atoms with van der Waals surface area (Å²) in [5, 5.41) is 24.4. The molecule has 1 aliphatic rings. The van der Waals surface area contributed by atoms with Crippen molar-refractivity contribution in [3.8, 4) is 0 Å². The zero-order valence-corrected chi connectivity index (χ0v) is 11.2. The number of hydrogen-bond acceptors (Lipinski definition) is 3. The lowest BCUT2D eigenvalue weighted by molar-refractivity contribution is 0.0395. The van der Waals surface area contributed by atoms with E-state index in [2.05, 4.69) is 5.32 Å². The third kappa shape index (κ3) is 2.24. The fourth-order valence-electron chi connectivity index (χ4n) is 2.99. The molecule has 104 valence electrons. The van der Waals surface area contributed by atoms with Crippen LogP contribution in [0.1, 0.15) is 17.5 Å². The monoisotopic (exact) mass is 269 g/mol. The normalized spacial score (nSPS) is 22.9. The van der Waals surface area contributed by atoms with E-state index in [1.54, 1.807) is 0 Å². The van der Waals surface area contributed by atoms with Gasteiger partial charge in [-0.1, -0.05) is 60.7 Å². The van der Waals surface area contributed by atoms with Crippen LogP contribution in [0.15, 0.2) is 60.7 Å². The minimum atomic E-state index is -1.12. The molecule has 3 N–H and O–H groups in total. The molecule has 0 spiro atoms. The van der Waals surface area contributed by atoms with Gasteiger partial charge in [-0.05, 0) is 17.5 Å². The highest BCUT2D eigenvalue weighted by Crippen LogP contribution is 2.36. The predicted octanol–water partition coefficient (Wildman–Crippen LogP) is 1.65. The predicted molar refractivity (Wildman–Crippen MR) is 78.3 cm³/mol. The molecule has 3 rings (SSSR count). The molecule has 2 aromatic carbocycles. The average molecular weight is 269 g/mol. The lowest BCUT2D eigenvalue weighted by Gasteiger charge is -2.35. The summed E-state index contributed by atoms with van der Waals surface area (Å²) in [5.74, 6) is 0. The van der Waals surface area contributed by atoms with E-state index < -0.39 is 11.7 Å². The Morgan fingerprint density at radius 3 is 1.80 bits per heavy atom. The lowest BCUT2D eigenvalue weighted by atomic mass is 9.79. The number of nitrogens with one attached hydrogen (secondary N) is 1. The fourth-order valence-corrected chi connectivity index (χ4v) is 2.99. The van der Waals surface area contributed by atoms with Crippen LogP contribution < -0.4 is 5.32 Å². The van der Waals surface area contributed by atoms with Crippen molar-refractivity contribution in [2.45, 2.75) is 24.2 Å². The van der Waals surface area contributed by atoms with Gasteiger partial charge in [0.05, 0.1) is 6.10 Å². The van der Waals surface area contributed by atoms with E-state index in [9.17, 15) is 10.2 Å². The fraction of sp³-hybridized carbons (Fsp3) is 0.294. The highest BCUT2D eigenvalue weighted by atomic mass is 16.3. The number of hydrogen-bond donors (Lipinski definition) is 3. The Labute approximate surface area is 118 Å². The van der Waals surface area contributed by atoms with E-state index in [1.807, 2.05) is 60.7 Å². The average Bonchev–Trinajstić information content (AvgIpc) is 2.95. The number of aliphatic hydroxyl groups is 2. The summed E-state index contributed by atoms with van der Waals surface area (Å²) in [6, 6.07) is 19.1. The smallest absolute Gasteiger partial charge is 0.130 e. The van der Waals surface area contributed by atoms with Gasteiger partial charge in [-0.25, -0.2) is 0 Å². The maximum atomic E-state index is 11.4. The minimum Gasteiger partial charge on any atom is -0.392 e. The quantitative estimate of drug-likeness (QED) is 0.794. The molecule has 3 nitrogen and oxygen atoms in total. The third-order valence-corrected chi connectivity index (χ3v) is 4.04. The third-order valence-electron chi connectivity index (χ3n) is 4.04. The van der Waals surface area contributed by atoms with Gasteiger partial charge in [0.1, 0.15) is 5.60 Å². The van der Waals surface area contributed by atoms with E-state index in [4.69, 9.17) is 0 Å². The van der Waals surface area contributed by atoms with Crippen molar-refractivity contribution in [3.63, 3.8) is 0 Å². The molecular formula is C17H19NO2. The van der Waals surface area contributed by atoms with Crippen molar-refractivity contribution < 1.29 is 10.2 Å². The van der Waals surface area contributed by atoms with E-state index >= 15 is 0 Å². The molecule has 0 bridgehead atoms. The SMILES string of the molecule is OC1CNC(C(O)(c2ccccc2)c2ccccc2)C1. The molecule has 0 aromatic heterocycles. The Bertz CT molecular complexity index is 516. The Morgan fingerprint density at radius 1 is 0.900 bits per heavy atom. The number of β-amino-alcohol motifs (C(OH)–C–C–N with tert-alkyl or cyclic N) is 1. The van der Waals surface area contributed by atoms with Crippen LogP contribution in [0.4, 0.5) is 0 Å². The van der Waals surface area contributed by atoms with Crippen molar-refractivity contribution in [1.29, 1.82) is 0 Å². The van der Waals surface area contributed by atoms with Crippen molar-refractivity contribution in [2.24, 2.45) is 0 Å². The van der Waals surface area contributed by atoms with Crippen molar-refractivity contribution >= 4 is 0 Å². The standard InChI is InChI=1S/C17H19NO2/c19-15-11-16(18-12-15)17(20,13-7-3-1-4-8-13)14-9-5-2-6-10-14/h1-10,15-16,18-20H,11-12H2. The van der Waals surface area contributed by atoms with Crippen molar-refractivity contribution in [3.05, 3.63) is 71.8 Å². The van der Waals surface area contributed by atoms with E-state index in [1.165, 1.54) is 0 Å². The van der Waals surface area contributed by atoms with E-state index in [0.29, 0.717) is 13.0 Å². The van der Waals surface area contributed by atoms with Gasteiger partial charge in [-0.15, -0.1) is 0 Å². The van der Waals surface area contributed by atoms with Gasteiger partial charge in [0, 0.05) is 12.6 Å². The highest BCUT2D eigenvalue weighted by Gasteiger charge is 2.43. The lowest BCUT2D eigenvalue weighted by Crippen LogP contribution is -2.46. The highest BCUT2D eigenvalue weighted by molar-refractivity contribution is 5.38. The molecule has 20 heavy (non-hydrogen) atoms. The maximum Gasteiger partial charge on any atom is 0.130 e. The second-order valence-electron chi connectivity index (χ2n) is 5.35. The zero-order chi connectivity index (χ0) is 14.0. The first-order valence-electron chi connectivity index (χ1n) is 6.96. The van der Waals surface area contributed by atoms with Gasteiger partial charge in [0.2, 0.25) is 0 Å². The summed E-state index contributed by atoms with van der Waals surface area (Å²) < 4.78 is 0. The second-order valence-corrected chi connectivity index (χ2v) is 5.35. The van der Waals surface area contributed by atoms with Crippen LogP contribution in [0.25, 0.3) is 0 Å². The van der Waals surface area contributed by atoms with Gasteiger partial charge < -0.3 is 15.5 Å². The minimum absolute atomic E-state index is 0.192. The molecule has 3 heteroatoms. The van der Waals surface area contributed by atoms with Crippen LogP contribution in [-0.2, 0) is 5.60 Å². The molecule has 0 saturated carbocycles. The van der Waals surface area contributed by atoms with Crippen LogP contribution in [-0.4, -0.2) is 28.9 Å². The van der Waals surface area contributed by atoms with Crippen LogP contribution in [0, 0.1) is 0 Å². The van der Waals surface area contributed by atoms with Gasteiger partial charge in [0.25, 0.3) is 0 Å². The molecule has 0 aliphatic carbocycles. The number of benzene rings is 2. The molecule has 1 saturated heterocycles. The van der Waals surface area contributed by atoms with Gasteiger partial charge >= 0.3 is 0 Å². The van der Waals surface area contributed by atoms with Crippen molar-refractivity contribution in [1.82, 2.24) is 5.32 Å². The summed E-state index contributed by atoms with van der Waals surface area (Å²) in [6.45, 7) is 0.520. The van der Waals surface area contributed by atoms with E-state index in [-0.39, 0.29) is 6.04 Å². The first-order chi connectivity index (χ1) is 9.71. The Morgan fingerprint density at radius 2 is 1.40 bits per heavy atom. The summed E-state index contributed by atoms with van der Waals surface area (Å²) >= 11 is 0. The molecule has 2 atom stereocenters. The van der Waals surface area contributed by atoms with Gasteiger partial charge in [-0.2, -0.15) is 0 Å². The second kappa shape index (κ2) is 5.37. The largest absolute Gasteiger partial charge is 0.392 e. The molecule has 1 aliphatic heterocycles. The molecule has 1 fully saturated rings. The van der Waals surface area contributed by atoms with Crippen LogP contribution in [0.2, 0.25) is 0 Å². The summed E-state index contributed by atoms with van der Waals surface area (Å²) in [4.78, 5) is 0. The molecule has 0 radical (unpaired) electrons. The first kappa shape index (κ1) is 13.3. The first-order valence-corrected chi connectivity index (χ1v) is 6.96. The Kier molecular flexibility index (Phi) is 3.57. The molecule has 2 unspecified atom stereocenters. The van der Waals surface area contributed by atoms with Crippen LogP contribution >= 0.6 is 0 Å². The van der Waals surface area contributed by atoms with Crippen molar-refractivity contribution in [2.75, 3.05) is 6.54 Å². The summed E-state index contributed by atoms with van der Waals surface area (Å²) in [5.41, 5.74) is 0.565. The van der Waals surface area contributed by atoms with Crippen LogP contribution in [0.5, 0.6) is 0 Å². The van der Waals surface area contributed by atoms with Crippen LogP contribution in [0.3, 0.4) is 0 Å². The molecule has 1 heterocycles.